The predicted octanol–water partition coefficient (Wildman–Crippen LogP) is 3.19. The highest BCUT2D eigenvalue weighted by molar-refractivity contribution is 9.10. The van der Waals surface area contributed by atoms with E-state index in [0.29, 0.717) is 6.42 Å². The molecule has 1 aromatic carbocycles. The summed E-state index contributed by atoms with van der Waals surface area (Å²) in [6.45, 7) is 3.79. The zero-order valence-corrected chi connectivity index (χ0v) is 17.6. The summed E-state index contributed by atoms with van der Waals surface area (Å²) < 4.78 is 13.8. The number of aliphatic carboxylic acids is 2. The summed E-state index contributed by atoms with van der Waals surface area (Å²) in [5.74, 6) is -2.15. The maximum Gasteiger partial charge on any atom is 0.303 e. The van der Waals surface area contributed by atoms with Crippen LogP contribution < -0.4 is 10.2 Å². The van der Waals surface area contributed by atoms with Gasteiger partial charge in [0, 0.05) is 17.6 Å². The van der Waals surface area contributed by atoms with Crippen LogP contribution >= 0.6 is 15.9 Å². The van der Waals surface area contributed by atoms with Gasteiger partial charge in [-0.05, 0) is 77.8 Å². The van der Waals surface area contributed by atoms with E-state index in [1.165, 1.54) is 33.3 Å². The van der Waals surface area contributed by atoms with Gasteiger partial charge in [0.1, 0.15) is 0 Å². The van der Waals surface area contributed by atoms with Crippen LogP contribution in [-0.4, -0.2) is 55.0 Å². The Morgan fingerprint density at radius 3 is 2.43 bits per heavy atom. The molecule has 0 aliphatic carbocycles. The van der Waals surface area contributed by atoms with Crippen molar-refractivity contribution in [3.05, 3.63) is 27.2 Å². The van der Waals surface area contributed by atoms with Crippen LogP contribution in [0.25, 0.3) is 0 Å². The number of halogens is 2. The van der Waals surface area contributed by atoms with Gasteiger partial charge in [0.25, 0.3) is 0 Å². The van der Waals surface area contributed by atoms with Crippen LogP contribution in [0.4, 0.5) is 10.1 Å². The molecule has 0 bridgehead atoms. The minimum atomic E-state index is -1.08. The van der Waals surface area contributed by atoms with E-state index in [1.54, 1.807) is 0 Å². The van der Waals surface area contributed by atoms with Gasteiger partial charge in [0.05, 0.1) is 25.2 Å². The van der Waals surface area contributed by atoms with Crippen molar-refractivity contribution >= 4 is 33.6 Å². The summed E-state index contributed by atoms with van der Waals surface area (Å²) >= 11 is 3.86. The topological polar surface area (TPSA) is 89.9 Å². The molecule has 0 aromatic heterocycles. The van der Waals surface area contributed by atoms with E-state index in [-0.39, 0.29) is 19.5 Å². The van der Waals surface area contributed by atoms with Crippen LogP contribution in [0, 0.1) is 0 Å². The third-order valence-corrected chi connectivity index (χ3v) is 5.79. The molecular formula is C20H28BrFN2O4. The van der Waals surface area contributed by atoms with Crippen LogP contribution in [0.15, 0.2) is 10.5 Å². The number of rotatable bonds is 6. The Morgan fingerprint density at radius 1 is 1.11 bits per heavy atom. The Labute approximate surface area is 173 Å². The monoisotopic (exact) mass is 458 g/mol. The van der Waals surface area contributed by atoms with E-state index in [0.717, 1.165) is 45.4 Å². The second kappa shape index (κ2) is 11.4. The Kier molecular flexibility index (Phi) is 9.18. The Morgan fingerprint density at radius 2 is 1.79 bits per heavy atom. The Bertz CT molecular complexity index is 685. The first-order valence-electron chi connectivity index (χ1n) is 9.72. The zero-order valence-electron chi connectivity index (χ0n) is 16.0. The summed E-state index contributed by atoms with van der Waals surface area (Å²) in [7, 11) is 0. The molecule has 8 heteroatoms. The molecule has 0 unspecified atom stereocenters. The minimum absolute atomic E-state index is 0.224. The van der Waals surface area contributed by atoms with Crippen molar-refractivity contribution in [2.24, 2.45) is 0 Å². The smallest absolute Gasteiger partial charge is 0.303 e. The molecule has 0 radical (unpaired) electrons. The van der Waals surface area contributed by atoms with Crippen LogP contribution in [0.3, 0.4) is 0 Å². The van der Waals surface area contributed by atoms with Gasteiger partial charge in [-0.2, -0.15) is 0 Å². The normalized spacial score (nSPS) is 15.6. The van der Waals surface area contributed by atoms with Gasteiger partial charge in [-0.3, -0.25) is 14.0 Å². The fourth-order valence-corrected chi connectivity index (χ4v) is 4.60. The van der Waals surface area contributed by atoms with Crippen molar-refractivity contribution < 1.29 is 24.2 Å². The molecule has 0 amide bonds. The number of alkyl halides is 1. The molecule has 3 N–H and O–H groups in total. The van der Waals surface area contributed by atoms with E-state index in [1.807, 2.05) is 0 Å². The van der Waals surface area contributed by atoms with Crippen LogP contribution in [0.1, 0.15) is 42.4 Å². The number of carboxylic acid groups (broad SMARTS) is 2. The molecular weight excluding hydrogens is 431 g/mol. The number of nitrogens with zero attached hydrogens (tertiary/aromatic N) is 1. The van der Waals surface area contributed by atoms with Crippen molar-refractivity contribution in [1.29, 1.82) is 0 Å². The lowest BCUT2D eigenvalue weighted by molar-refractivity contribution is -0.143. The van der Waals surface area contributed by atoms with Gasteiger partial charge in [0.2, 0.25) is 0 Å². The van der Waals surface area contributed by atoms with Crippen LogP contribution in [0.2, 0.25) is 0 Å². The number of benzene rings is 1. The number of carbonyl (C=O) groups is 2. The molecule has 2 aliphatic heterocycles. The zero-order chi connectivity index (χ0) is 20.5. The molecule has 0 saturated carbocycles. The summed E-state index contributed by atoms with van der Waals surface area (Å²) in [6, 6.07) is 2.41. The van der Waals surface area contributed by atoms with Gasteiger partial charge in [-0.15, -0.1) is 0 Å². The maximum atomic E-state index is 12.5. The largest absolute Gasteiger partial charge is 0.481 e. The van der Waals surface area contributed by atoms with Gasteiger partial charge < -0.3 is 20.4 Å². The highest BCUT2D eigenvalue weighted by atomic mass is 79.9. The van der Waals surface area contributed by atoms with Crippen molar-refractivity contribution in [3.63, 3.8) is 0 Å². The molecule has 0 fully saturated rings. The van der Waals surface area contributed by atoms with E-state index < -0.39 is 11.9 Å². The first-order chi connectivity index (χ1) is 13.4. The molecule has 0 atom stereocenters. The second-order valence-corrected chi connectivity index (χ2v) is 7.80. The summed E-state index contributed by atoms with van der Waals surface area (Å²) in [5.41, 5.74) is 5.74. The van der Waals surface area contributed by atoms with Crippen LogP contribution in [-0.2, 0) is 28.9 Å². The van der Waals surface area contributed by atoms with Crippen molar-refractivity contribution in [3.8, 4) is 0 Å². The number of hydrogen-bond donors (Lipinski definition) is 3. The predicted molar refractivity (Wildman–Crippen MR) is 110 cm³/mol. The number of fused-ring (bicyclic) bond motifs is 2. The van der Waals surface area contributed by atoms with Gasteiger partial charge >= 0.3 is 11.9 Å². The fourth-order valence-electron chi connectivity index (χ4n) is 3.64. The number of anilines is 1. The van der Waals surface area contributed by atoms with E-state index in [9.17, 15) is 14.0 Å². The molecule has 1 aromatic rings. The van der Waals surface area contributed by atoms with E-state index in [4.69, 9.17) is 10.2 Å². The minimum Gasteiger partial charge on any atom is -0.481 e. The number of hydrogen-bond acceptors (Lipinski definition) is 4. The molecule has 3 rings (SSSR count). The fraction of sp³-hybridized carbons (Fsp3) is 0.600. The first-order valence-corrected chi connectivity index (χ1v) is 10.5. The Balaban J connectivity index is 0.000000300. The summed E-state index contributed by atoms with van der Waals surface area (Å²) in [6.07, 6.45) is 4.57. The molecule has 0 spiro atoms. The highest BCUT2D eigenvalue weighted by Crippen LogP contribution is 2.39. The lowest BCUT2D eigenvalue weighted by Gasteiger charge is -2.33. The van der Waals surface area contributed by atoms with E-state index in [2.05, 4.69) is 32.2 Å². The van der Waals surface area contributed by atoms with Crippen molar-refractivity contribution in [2.75, 3.05) is 37.8 Å². The standard InChI is InChI=1S/C16H22BrFN2.C4H6O4/c17-15-14-5-8-19-7-4-12(14)11-13-3-1-9-20(16(13)15)10-2-6-18;5-3(6)1-2-4(7)8/h11,19H,1-10H2;1-2H2,(H,5,6)(H,7,8). The van der Waals surface area contributed by atoms with Gasteiger partial charge in [-0.1, -0.05) is 6.07 Å². The number of aryl methyl sites for hydroxylation is 1. The molecule has 2 aliphatic rings. The van der Waals surface area contributed by atoms with E-state index >= 15 is 0 Å². The third-order valence-electron chi connectivity index (χ3n) is 4.94. The highest BCUT2D eigenvalue weighted by Gasteiger charge is 2.24. The van der Waals surface area contributed by atoms with Crippen molar-refractivity contribution in [1.82, 2.24) is 5.32 Å². The maximum absolute atomic E-state index is 12.5. The number of carboxylic acids is 2. The third kappa shape index (κ3) is 6.44. The molecule has 28 heavy (non-hydrogen) atoms. The first kappa shape index (κ1) is 22.6. The molecule has 0 saturated heterocycles. The van der Waals surface area contributed by atoms with Crippen molar-refractivity contribution in [2.45, 2.75) is 44.9 Å². The average Bonchev–Trinajstić information content (AvgIpc) is 2.91. The quantitative estimate of drug-likeness (QED) is 0.606. The van der Waals surface area contributed by atoms with Gasteiger partial charge in [-0.25, -0.2) is 0 Å². The SMILES string of the molecule is FCCCN1CCCc2cc3c(c(Br)c21)CCNCC3.O=C(O)CCC(=O)O. The van der Waals surface area contributed by atoms with Gasteiger partial charge in [0.15, 0.2) is 0 Å². The summed E-state index contributed by atoms with van der Waals surface area (Å²) in [4.78, 5) is 21.7. The molecule has 156 valence electrons. The van der Waals surface area contributed by atoms with Crippen LogP contribution in [0.5, 0.6) is 0 Å². The number of nitrogens with one attached hydrogen (secondary N) is 1. The lowest BCUT2D eigenvalue weighted by atomic mass is 9.93. The second-order valence-electron chi connectivity index (χ2n) is 7.01. The summed E-state index contributed by atoms with van der Waals surface area (Å²) in [5, 5.41) is 19.3. The lowest BCUT2D eigenvalue weighted by Crippen LogP contribution is -2.31. The average molecular weight is 459 g/mol. The molecule has 6 nitrogen and oxygen atoms in total. The molecule has 2 heterocycles. The Hall–Kier alpha value is -1.67.